The van der Waals surface area contributed by atoms with Crippen LogP contribution in [-0.4, -0.2) is 18.1 Å². The summed E-state index contributed by atoms with van der Waals surface area (Å²) in [4.78, 5) is 0. The second-order valence-corrected chi connectivity index (χ2v) is 4.75. The Labute approximate surface area is 99.7 Å². The van der Waals surface area contributed by atoms with Gasteiger partial charge in [-0.1, -0.05) is 18.2 Å². The smallest absolute Gasteiger partial charge is 0.270 e. The summed E-state index contributed by atoms with van der Waals surface area (Å²) in [7, 11) is 0. The van der Waals surface area contributed by atoms with Crippen molar-refractivity contribution < 1.29 is 13.9 Å². The van der Waals surface area contributed by atoms with Crippen molar-refractivity contribution in [3.63, 3.8) is 0 Å². The van der Waals surface area contributed by atoms with Crippen LogP contribution in [0.3, 0.4) is 0 Å². The number of benzene rings is 1. The van der Waals surface area contributed by atoms with Crippen LogP contribution in [0.2, 0.25) is 0 Å². The Hall–Kier alpha value is -1.00. The van der Waals surface area contributed by atoms with Gasteiger partial charge in [0, 0.05) is 6.04 Å². The van der Waals surface area contributed by atoms with E-state index in [2.05, 4.69) is 5.32 Å². The fourth-order valence-electron chi connectivity index (χ4n) is 2.40. The first-order valence-electron chi connectivity index (χ1n) is 5.80. The van der Waals surface area contributed by atoms with Crippen molar-refractivity contribution in [2.75, 3.05) is 6.54 Å². The van der Waals surface area contributed by atoms with Crippen LogP contribution in [0.5, 0.6) is 0 Å². The molecule has 2 rings (SSSR count). The van der Waals surface area contributed by atoms with E-state index in [1.165, 1.54) is 6.92 Å². The predicted octanol–water partition coefficient (Wildman–Crippen LogP) is 2.37. The summed E-state index contributed by atoms with van der Waals surface area (Å²) < 4.78 is 25.8. The van der Waals surface area contributed by atoms with Crippen molar-refractivity contribution in [2.45, 2.75) is 38.3 Å². The highest BCUT2D eigenvalue weighted by Crippen LogP contribution is 2.35. The molecule has 17 heavy (non-hydrogen) atoms. The van der Waals surface area contributed by atoms with Gasteiger partial charge in [0.25, 0.3) is 6.43 Å². The molecular formula is C13H17F2NO. The van der Waals surface area contributed by atoms with Crippen molar-refractivity contribution >= 4 is 0 Å². The first-order valence-corrected chi connectivity index (χ1v) is 5.80. The number of alkyl halides is 2. The first kappa shape index (κ1) is 12.5. The maximum Gasteiger partial charge on any atom is 0.270 e. The Morgan fingerprint density at radius 1 is 1.47 bits per heavy atom. The minimum absolute atomic E-state index is 0.146. The second kappa shape index (κ2) is 4.35. The minimum atomic E-state index is -2.78. The molecule has 1 unspecified atom stereocenters. The number of nitrogens with one attached hydrogen (secondary N) is 1. The van der Waals surface area contributed by atoms with Crippen molar-refractivity contribution in [3.8, 4) is 0 Å². The third-order valence-corrected chi connectivity index (χ3v) is 3.47. The van der Waals surface area contributed by atoms with Gasteiger partial charge in [-0.25, -0.2) is 8.78 Å². The number of hydrogen-bond donors (Lipinski definition) is 2. The normalized spacial score (nSPS) is 23.3. The number of rotatable bonds is 2. The van der Waals surface area contributed by atoms with Gasteiger partial charge >= 0.3 is 0 Å². The van der Waals surface area contributed by atoms with E-state index < -0.39 is 12.0 Å². The lowest BCUT2D eigenvalue weighted by molar-refractivity contribution is -0.0889. The molecule has 0 bridgehead atoms. The minimum Gasteiger partial charge on any atom is -0.379 e. The summed E-state index contributed by atoms with van der Waals surface area (Å²) in [5.41, 5.74) is 0.166. The summed E-state index contributed by atoms with van der Waals surface area (Å²) >= 11 is 0. The van der Waals surface area contributed by atoms with Crippen LogP contribution in [0, 0.1) is 0 Å². The zero-order valence-electron chi connectivity index (χ0n) is 10.0. The van der Waals surface area contributed by atoms with E-state index in [9.17, 15) is 13.9 Å². The van der Waals surface area contributed by atoms with Gasteiger partial charge in [0.05, 0.1) is 0 Å². The fourth-order valence-corrected chi connectivity index (χ4v) is 2.40. The van der Waals surface area contributed by atoms with E-state index in [1.54, 1.807) is 12.1 Å². The zero-order valence-corrected chi connectivity index (χ0v) is 10.0. The molecule has 0 aromatic heterocycles. The summed E-state index contributed by atoms with van der Waals surface area (Å²) in [6.07, 6.45) is -2.10. The van der Waals surface area contributed by atoms with Crippen LogP contribution in [0.4, 0.5) is 8.78 Å². The van der Waals surface area contributed by atoms with Gasteiger partial charge in [-0.3, -0.25) is 0 Å². The van der Waals surface area contributed by atoms with E-state index in [0.717, 1.165) is 17.7 Å². The van der Waals surface area contributed by atoms with Gasteiger partial charge in [0.15, 0.2) is 0 Å². The molecule has 1 aromatic carbocycles. The monoisotopic (exact) mass is 241 g/mol. The van der Waals surface area contributed by atoms with E-state index in [4.69, 9.17) is 0 Å². The van der Waals surface area contributed by atoms with Crippen molar-refractivity contribution in [1.29, 1.82) is 0 Å². The molecule has 0 spiro atoms. The van der Waals surface area contributed by atoms with Gasteiger partial charge in [-0.15, -0.1) is 0 Å². The molecule has 2 N–H and O–H groups in total. The van der Waals surface area contributed by atoms with Crippen molar-refractivity contribution in [1.82, 2.24) is 5.32 Å². The van der Waals surface area contributed by atoms with Crippen LogP contribution in [0.25, 0.3) is 0 Å². The summed E-state index contributed by atoms with van der Waals surface area (Å²) in [5, 5.41) is 13.2. The fraction of sp³-hybridized carbons (Fsp3) is 0.538. The van der Waals surface area contributed by atoms with E-state index in [-0.39, 0.29) is 6.04 Å². The third kappa shape index (κ3) is 2.07. The average Bonchev–Trinajstić information content (AvgIpc) is 2.28. The molecule has 1 aliphatic rings. The topological polar surface area (TPSA) is 32.3 Å². The summed E-state index contributed by atoms with van der Waals surface area (Å²) in [6, 6.07) is 5.40. The largest absolute Gasteiger partial charge is 0.379 e. The molecule has 0 radical (unpaired) electrons. The Kier molecular flexibility index (Phi) is 3.19. The van der Waals surface area contributed by atoms with Gasteiger partial charge in [0.1, 0.15) is 5.60 Å². The quantitative estimate of drug-likeness (QED) is 0.833. The van der Waals surface area contributed by atoms with Crippen LogP contribution >= 0.6 is 0 Å². The molecule has 4 heteroatoms. The third-order valence-electron chi connectivity index (χ3n) is 3.47. The Morgan fingerprint density at radius 3 is 2.82 bits per heavy atom. The standard InChI is InChI=1S/C13H17F2NO/c1-8-9-4-3-5-11(10(9)6-7-16-8)13(2,17)12(14)15/h3-5,8,12,16-17H,6-7H2,1-2H3/t8-,13?/m0/s1. The van der Waals surface area contributed by atoms with E-state index in [1.807, 2.05) is 13.0 Å². The number of hydrogen-bond acceptors (Lipinski definition) is 2. The average molecular weight is 241 g/mol. The first-order chi connectivity index (χ1) is 7.94. The Morgan fingerprint density at radius 2 is 2.18 bits per heavy atom. The highest BCUT2D eigenvalue weighted by Gasteiger charge is 2.37. The van der Waals surface area contributed by atoms with E-state index in [0.29, 0.717) is 12.0 Å². The molecule has 2 nitrogen and oxygen atoms in total. The van der Waals surface area contributed by atoms with Crippen molar-refractivity contribution in [2.24, 2.45) is 0 Å². The summed E-state index contributed by atoms with van der Waals surface area (Å²) in [5.74, 6) is 0. The maximum atomic E-state index is 12.9. The lowest BCUT2D eigenvalue weighted by Crippen LogP contribution is -2.35. The molecule has 2 atom stereocenters. The van der Waals surface area contributed by atoms with Crippen LogP contribution in [0.15, 0.2) is 18.2 Å². The molecule has 0 fully saturated rings. The molecule has 94 valence electrons. The highest BCUT2D eigenvalue weighted by atomic mass is 19.3. The Bertz CT molecular complexity index is 418. The van der Waals surface area contributed by atoms with Crippen molar-refractivity contribution in [3.05, 3.63) is 34.9 Å². The Balaban J connectivity index is 2.53. The second-order valence-electron chi connectivity index (χ2n) is 4.75. The van der Waals surface area contributed by atoms with E-state index >= 15 is 0 Å². The number of aliphatic hydroxyl groups is 1. The number of fused-ring (bicyclic) bond motifs is 1. The lowest BCUT2D eigenvalue weighted by Gasteiger charge is -2.31. The molecule has 0 aliphatic carbocycles. The van der Waals surface area contributed by atoms with Gasteiger partial charge in [-0.2, -0.15) is 0 Å². The molecule has 1 heterocycles. The van der Waals surface area contributed by atoms with Gasteiger partial charge in [-0.05, 0) is 43.5 Å². The molecule has 0 amide bonds. The predicted molar refractivity (Wildman–Crippen MR) is 62.1 cm³/mol. The summed E-state index contributed by atoms with van der Waals surface area (Å²) in [6.45, 7) is 3.93. The van der Waals surface area contributed by atoms with Crippen LogP contribution < -0.4 is 5.32 Å². The SMILES string of the molecule is C[C@@H]1NCCc2c1cccc2C(C)(O)C(F)F. The molecule has 0 saturated carbocycles. The molecule has 1 aromatic rings. The number of halogens is 2. The van der Waals surface area contributed by atoms with Crippen LogP contribution in [-0.2, 0) is 12.0 Å². The highest BCUT2D eigenvalue weighted by molar-refractivity contribution is 5.42. The molecule has 1 aliphatic heterocycles. The van der Waals surface area contributed by atoms with Gasteiger partial charge < -0.3 is 10.4 Å². The van der Waals surface area contributed by atoms with Crippen LogP contribution in [0.1, 0.15) is 36.6 Å². The molecular weight excluding hydrogens is 224 g/mol. The maximum absolute atomic E-state index is 12.9. The lowest BCUT2D eigenvalue weighted by atomic mass is 9.84. The zero-order chi connectivity index (χ0) is 12.6. The van der Waals surface area contributed by atoms with Gasteiger partial charge in [0.2, 0.25) is 0 Å². The molecule has 0 saturated heterocycles.